The predicted octanol–water partition coefficient (Wildman–Crippen LogP) is 3.11. The first kappa shape index (κ1) is 12.8. The van der Waals surface area contributed by atoms with E-state index in [1.807, 2.05) is 0 Å². The molecule has 0 aliphatic carbocycles. The normalized spacial score (nSPS) is 11.5. The zero-order valence-electron chi connectivity index (χ0n) is 9.40. The van der Waals surface area contributed by atoms with Crippen molar-refractivity contribution in [2.75, 3.05) is 6.54 Å². The van der Waals surface area contributed by atoms with Crippen LogP contribution in [0.15, 0.2) is 24.4 Å². The van der Waals surface area contributed by atoms with E-state index in [2.05, 4.69) is 38.2 Å². The maximum atomic E-state index is 5.22. The van der Waals surface area contributed by atoms with Crippen LogP contribution in [0.1, 0.15) is 33.1 Å². The van der Waals surface area contributed by atoms with Crippen LogP contribution in [0.3, 0.4) is 0 Å². The summed E-state index contributed by atoms with van der Waals surface area (Å²) in [5, 5.41) is 3.24. The third kappa shape index (κ3) is 4.77. The van der Waals surface area contributed by atoms with Gasteiger partial charge in [-0.1, -0.05) is 27.0 Å². The van der Waals surface area contributed by atoms with Crippen molar-refractivity contribution >= 4 is 0 Å². The molecule has 0 aliphatic heterocycles. The highest BCUT2D eigenvalue weighted by molar-refractivity contribution is 5.25. The monoisotopic (exact) mass is 191 g/mol. The fraction of sp³-hybridized carbons (Fsp3) is 0.538. The number of rotatable bonds is 7. The molecule has 14 heavy (non-hydrogen) atoms. The van der Waals surface area contributed by atoms with Gasteiger partial charge < -0.3 is 5.32 Å². The molecule has 0 fully saturated rings. The lowest BCUT2D eigenvalue weighted by Crippen LogP contribution is -2.17. The Morgan fingerprint density at radius 3 is 2.64 bits per heavy atom. The van der Waals surface area contributed by atoms with Crippen molar-refractivity contribution in [1.82, 2.24) is 5.32 Å². The van der Waals surface area contributed by atoms with E-state index < -0.39 is 0 Å². The number of hydrogen-bond acceptors (Lipinski definition) is 1. The Labute approximate surface area is 88.3 Å². The summed E-state index contributed by atoms with van der Waals surface area (Å²) in [4.78, 5) is 0. The minimum Gasteiger partial charge on any atom is -0.385 e. The lowest BCUT2D eigenvalue weighted by molar-refractivity contribution is 0.619. The summed E-state index contributed by atoms with van der Waals surface area (Å²) in [6.45, 7) is 13.2. The molecule has 1 N–H and O–H groups in total. The van der Waals surface area contributed by atoms with Crippen LogP contribution in [0.5, 0.6) is 0 Å². The topological polar surface area (TPSA) is 12.0 Å². The van der Waals surface area contributed by atoms with Crippen molar-refractivity contribution in [3.05, 3.63) is 24.4 Å². The highest BCUT2D eigenvalue weighted by atomic mass is 14.9. The van der Waals surface area contributed by atoms with Gasteiger partial charge in [-0.15, -0.1) is 12.3 Å². The molecule has 0 radical (unpaired) electrons. The third-order valence-electron chi connectivity index (χ3n) is 2.29. The van der Waals surface area contributed by atoms with Gasteiger partial charge in [0.25, 0.3) is 0 Å². The second-order valence-corrected chi connectivity index (χ2v) is 3.57. The summed E-state index contributed by atoms with van der Waals surface area (Å²) in [5.74, 6) is 3.06. The Bertz CT molecular complexity index is 232. The van der Waals surface area contributed by atoms with Crippen molar-refractivity contribution in [2.45, 2.75) is 33.1 Å². The molecule has 0 aliphatic rings. The summed E-state index contributed by atoms with van der Waals surface area (Å²) in [6, 6.07) is 0. The van der Waals surface area contributed by atoms with Crippen LogP contribution in [0.25, 0.3) is 0 Å². The zero-order chi connectivity index (χ0) is 11.0. The van der Waals surface area contributed by atoms with Crippen LogP contribution >= 0.6 is 0 Å². The highest BCUT2D eigenvalue weighted by Gasteiger charge is 2.08. The molecule has 0 bridgehead atoms. The third-order valence-corrected chi connectivity index (χ3v) is 2.29. The molecule has 1 heteroatoms. The van der Waals surface area contributed by atoms with Gasteiger partial charge in [0.15, 0.2) is 0 Å². The molecule has 78 valence electrons. The Morgan fingerprint density at radius 2 is 2.14 bits per heavy atom. The lowest BCUT2D eigenvalue weighted by Gasteiger charge is -2.17. The van der Waals surface area contributed by atoms with Gasteiger partial charge in [-0.25, -0.2) is 0 Å². The van der Waals surface area contributed by atoms with Crippen LogP contribution in [-0.4, -0.2) is 6.54 Å². The molecule has 0 aromatic rings. The fourth-order valence-electron chi connectivity index (χ4n) is 1.16. The molecule has 1 atom stereocenters. The molecule has 1 unspecified atom stereocenters. The second kappa shape index (κ2) is 7.26. The van der Waals surface area contributed by atoms with Crippen molar-refractivity contribution in [3.63, 3.8) is 0 Å². The Kier molecular flexibility index (Phi) is 6.66. The standard InChI is InChI=1S/C13H21N/c1-6-8-9-11(3)12(4)13(5)14-10-7-2/h1,11,14H,4-5,7-10H2,2-3H3. The van der Waals surface area contributed by atoms with Crippen LogP contribution in [0.4, 0.5) is 0 Å². The van der Waals surface area contributed by atoms with Gasteiger partial charge in [0.2, 0.25) is 0 Å². The average Bonchev–Trinajstić information content (AvgIpc) is 2.21. The van der Waals surface area contributed by atoms with Gasteiger partial charge in [0.05, 0.1) is 0 Å². The molecule has 1 nitrogen and oxygen atoms in total. The molecule has 0 aromatic carbocycles. The summed E-state index contributed by atoms with van der Waals surface area (Å²) in [6.07, 6.45) is 8.11. The Hall–Kier alpha value is -1.16. The molecule has 0 heterocycles. The summed E-state index contributed by atoms with van der Waals surface area (Å²) >= 11 is 0. The SMILES string of the molecule is C#CCCC(C)C(=C)C(=C)NCCC. The fourth-order valence-corrected chi connectivity index (χ4v) is 1.16. The van der Waals surface area contributed by atoms with Gasteiger partial charge >= 0.3 is 0 Å². The number of allylic oxidation sites excluding steroid dienone is 1. The van der Waals surface area contributed by atoms with E-state index in [1.165, 1.54) is 0 Å². The maximum absolute atomic E-state index is 5.22. The molecule has 0 spiro atoms. The van der Waals surface area contributed by atoms with Gasteiger partial charge in [0, 0.05) is 18.7 Å². The molecule has 0 rings (SSSR count). The van der Waals surface area contributed by atoms with E-state index in [0.29, 0.717) is 5.92 Å². The molecular weight excluding hydrogens is 170 g/mol. The van der Waals surface area contributed by atoms with E-state index in [1.54, 1.807) is 0 Å². The highest BCUT2D eigenvalue weighted by Crippen LogP contribution is 2.19. The minimum atomic E-state index is 0.419. The first-order valence-corrected chi connectivity index (χ1v) is 5.18. The summed E-state index contributed by atoms with van der Waals surface area (Å²) < 4.78 is 0. The van der Waals surface area contributed by atoms with E-state index in [-0.39, 0.29) is 0 Å². The molecule has 0 amide bonds. The van der Waals surface area contributed by atoms with Crippen molar-refractivity contribution in [2.24, 2.45) is 5.92 Å². The zero-order valence-corrected chi connectivity index (χ0v) is 9.40. The van der Waals surface area contributed by atoms with Crippen LogP contribution < -0.4 is 5.32 Å². The summed E-state index contributed by atoms with van der Waals surface area (Å²) in [7, 11) is 0. The van der Waals surface area contributed by atoms with Crippen molar-refractivity contribution in [3.8, 4) is 12.3 Å². The second-order valence-electron chi connectivity index (χ2n) is 3.57. The van der Waals surface area contributed by atoms with Crippen LogP contribution in [0, 0.1) is 18.3 Å². The van der Waals surface area contributed by atoms with E-state index in [9.17, 15) is 0 Å². The van der Waals surface area contributed by atoms with Gasteiger partial charge in [-0.2, -0.15) is 0 Å². The van der Waals surface area contributed by atoms with Crippen LogP contribution in [0.2, 0.25) is 0 Å². The molecular formula is C13H21N. The smallest absolute Gasteiger partial charge is 0.0296 e. The Balaban J connectivity index is 3.92. The van der Waals surface area contributed by atoms with E-state index >= 15 is 0 Å². The largest absolute Gasteiger partial charge is 0.385 e. The first-order chi connectivity index (χ1) is 6.63. The molecule has 0 saturated heterocycles. The lowest BCUT2D eigenvalue weighted by atomic mass is 9.95. The quantitative estimate of drug-likeness (QED) is 0.481. The van der Waals surface area contributed by atoms with Gasteiger partial charge in [-0.05, 0) is 24.3 Å². The molecule has 0 saturated carbocycles. The summed E-state index contributed by atoms with van der Waals surface area (Å²) in [5.41, 5.74) is 2.03. The van der Waals surface area contributed by atoms with Gasteiger partial charge in [-0.3, -0.25) is 0 Å². The van der Waals surface area contributed by atoms with Crippen molar-refractivity contribution < 1.29 is 0 Å². The molecule has 0 aromatic heterocycles. The number of terminal acetylenes is 1. The maximum Gasteiger partial charge on any atom is 0.0296 e. The predicted molar refractivity (Wildman–Crippen MR) is 63.8 cm³/mol. The van der Waals surface area contributed by atoms with Crippen molar-refractivity contribution in [1.29, 1.82) is 0 Å². The van der Waals surface area contributed by atoms with E-state index in [4.69, 9.17) is 6.42 Å². The average molecular weight is 191 g/mol. The Morgan fingerprint density at radius 1 is 1.50 bits per heavy atom. The van der Waals surface area contributed by atoms with Gasteiger partial charge in [0.1, 0.15) is 0 Å². The van der Waals surface area contributed by atoms with E-state index in [0.717, 1.165) is 37.1 Å². The number of hydrogen-bond donors (Lipinski definition) is 1. The minimum absolute atomic E-state index is 0.419. The van der Waals surface area contributed by atoms with Crippen LogP contribution in [-0.2, 0) is 0 Å². The first-order valence-electron chi connectivity index (χ1n) is 5.18. The number of nitrogens with one attached hydrogen (secondary N) is 1.